The fourth-order valence-electron chi connectivity index (χ4n) is 2.53. The van der Waals surface area contributed by atoms with Gasteiger partial charge in [-0.1, -0.05) is 20.8 Å². The lowest BCUT2D eigenvalue weighted by molar-refractivity contribution is -0.123. The maximum absolute atomic E-state index is 11.9. The Labute approximate surface area is 104 Å². The Hall–Kier alpha value is -0.610. The van der Waals surface area contributed by atoms with Crippen molar-refractivity contribution in [3.05, 3.63) is 0 Å². The quantitative estimate of drug-likeness (QED) is 0.730. The molecule has 2 unspecified atom stereocenters. The standard InChI is InChI=1S/C13H26N2O2/c1-4-11(5-2)14-13(17)8-15-7-6-10(3)12(15)9-16/h10-12,16H,4-9H2,1-3H3,(H,14,17). The highest BCUT2D eigenvalue weighted by atomic mass is 16.3. The number of aliphatic hydroxyl groups excluding tert-OH is 1. The lowest BCUT2D eigenvalue weighted by atomic mass is 10.0. The number of nitrogens with one attached hydrogen (secondary N) is 1. The molecule has 1 heterocycles. The molecule has 2 N–H and O–H groups in total. The first-order valence-electron chi connectivity index (χ1n) is 6.76. The third kappa shape index (κ3) is 3.96. The van der Waals surface area contributed by atoms with Crippen LogP contribution in [0.15, 0.2) is 0 Å². The highest BCUT2D eigenvalue weighted by molar-refractivity contribution is 5.78. The van der Waals surface area contributed by atoms with Gasteiger partial charge in [-0.05, 0) is 31.7 Å². The van der Waals surface area contributed by atoms with E-state index in [2.05, 4.69) is 31.0 Å². The minimum atomic E-state index is 0.0891. The van der Waals surface area contributed by atoms with Gasteiger partial charge in [-0.2, -0.15) is 0 Å². The molecule has 17 heavy (non-hydrogen) atoms. The average Bonchev–Trinajstić information content (AvgIpc) is 2.66. The number of likely N-dealkylation sites (tertiary alicyclic amines) is 1. The van der Waals surface area contributed by atoms with Crippen molar-refractivity contribution in [2.24, 2.45) is 5.92 Å². The summed E-state index contributed by atoms with van der Waals surface area (Å²) in [5.41, 5.74) is 0. The van der Waals surface area contributed by atoms with Crippen molar-refractivity contribution in [3.63, 3.8) is 0 Å². The molecular weight excluding hydrogens is 216 g/mol. The number of carbonyl (C=O) groups is 1. The largest absolute Gasteiger partial charge is 0.395 e. The van der Waals surface area contributed by atoms with E-state index in [4.69, 9.17) is 0 Å². The summed E-state index contributed by atoms with van der Waals surface area (Å²) < 4.78 is 0. The maximum atomic E-state index is 11.9. The van der Waals surface area contributed by atoms with Gasteiger partial charge in [-0.25, -0.2) is 0 Å². The number of carbonyl (C=O) groups excluding carboxylic acids is 1. The molecule has 1 fully saturated rings. The van der Waals surface area contributed by atoms with Crippen molar-refractivity contribution in [2.45, 2.75) is 52.1 Å². The van der Waals surface area contributed by atoms with Crippen LogP contribution in [0.2, 0.25) is 0 Å². The first kappa shape index (κ1) is 14.5. The number of hydrogen-bond acceptors (Lipinski definition) is 3. The van der Waals surface area contributed by atoms with E-state index in [1.807, 2.05) is 0 Å². The van der Waals surface area contributed by atoms with Gasteiger partial charge in [0, 0.05) is 12.1 Å². The topological polar surface area (TPSA) is 52.6 Å². The molecular formula is C13H26N2O2. The van der Waals surface area contributed by atoms with Crippen molar-refractivity contribution in [3.8, 4) is 0 Å². The van der Waals surface area contributed by atoms with E-state index in [0.717, 1.165) is 25.8 Å². The van der Waals surface area contributed by atoms with E-state index in [0.29, 0.717) is 12.5 Å². The summed E-state index contributed by atoms with van der Waals surface area (Å²) in [5, 5.41) is 12.4. The summed E-state index contributed by atoms with van der Waals surface area (Å²) in [6.45, 7) is 7.81. The summed E-state index contributed by atoms with van der Waals surface area (Å²) in [5.74, 6) is 0.576. The Morgan fingerprint density at radius 2 is 2.12 bits per heavy atom. The minimum absolute atomic E-state index is 0.0891. The molecule has 1 aliphatic heterocycles. The van der Waals surface area contributed by atoms with Gasteiger partial charge in [0.1, 0.15) is 0 Å². The molecule has 0 aromatic rings. The van der Waals surface area contributed by atoms with E-state index >= 15 is 0 Å². The third-order valence-corrected chi connectivity index (χ3v) is 3.88. The molecule has 0 radical (unpaired) electrons. The molecule has 2 atom stereocenters. The van der Waals surface area contributed by atoms with Crippen LogP contribution in [-0.2, 0) is 4.79 Å². The molecule has 100 valence electrons. The van der Waals surface area contributed by atoms with Crippen molar-refractivity contribution in [2.75, 3.05) is 19.7 Å². The monoisotopic (exact) mass is 242 g/mol. The van der Waals surface area contributed by atoms with E-state index in [-0.39, 0.29) is 24.6 Å². The Morgan fingerprint density at radius 3 is 2.65 bits per heavy atom. The van der Waals surface area contributed by atoms with Crippen LogP contribution in [0.5, 0.6) is 0 Å². The highest BCUT2D eigenvalue weighted by Crippen LogP contribution is 2.22. The summed E-state index contributed by atoms with van der Waals surface area (Å²) >= 11 is 0. The van der Waals surface area contributed by atoms with Crippen LogP contribution in [0.25, 0.3) is 0 Å². The Morgan fingerprint density at radius 1 is 1.47 bits per heavy atom. The molecule has 0 spiro atoms. The SMILES string of the molecule is CCC(CC)NC(=O)CN1CCC(C)C1CO. The Balaban J connectivity index is 2.40. The molecule has 1 saturated heterocycles. The lowest BCUT2D eigenvalue weighted by Crippen LogP contribution is -2.45. The second kappa shape index (κ2) is 6.97. The third-order valence-electron chi connectivity index (χ3n) is 3.88. The average molecular weight is 242 g/mol. The normalized spacial score (nSPS) is 25.5. The molecule has 0 saturated carbocycles. The smallest absolute Gasteiger partial charge is 0.234 e. The van der Waals surface area contributed by atoms with Crippen molar-refractivity contribution < 1.29 is 9.90 Å². The molecule has 0 aliphatic carbocycles. The highest BCUT2D eigenvalue weighted by Gasteiger charge is 2.31. The molecule has 1 amide bonds. The molecule has 4 nitrogen and oxygen atoms in total. The number of aliphatic hydroxyl groups is 1. The Bertz CT molecular complexity index is 242. The fourth-order valence-corrected chi connectivity index (χ4v) is 2.53. The van der Waals surface area contributed by atoms with Crippen LogP contribution < -0.4 is 5.32 Å². The second-order valence-electron chi connectivity index (χ2n) is 5.07. The minimum Gasteiger partial charge on any atom is -0.395 e. The molecule has 1 aliphatic rings. The molecule has 4 heteroatoms. The van der Waals surface area contributed by atoms with Crippen LogP contribution in [0, 0.1) is 5.92 Å². The van der Waals surface area contributed by atoms with Crippen molar-refractivity contribution >= 4 is 5.91 Å². The first-order valence-corrected chi connectivity index (χ1v) is 6.76. The van der Waals surface area contributed by atoms with Crippen LogP contribution in [-0.4, -0.2) is 47.7 Å². The summed E-state index contributed by atoms with van der Waals surface area (Å²) in [6.07, 6.45) is 3.02. The number of nitrogens with zero attached hydrogens (tertiary/aromatic N) is 1. The lowest BCUT2D eigenvalue weighted by Gasteiger charge is -2.25. The Kier molecular flexibility index (Phi) is 5.92. The second-order valence-corrected chi connectivity index (χ2v) is 5.07. The molecule has 0 aromatic heterocycles. The van der Waals surface area contributed by atoms with Crippen LogP contribution in [0.1, 0.15) is 40.0 Å². The fraction of sp³-hybridized carbons (Fsp3) is 0.923. The van der Waals surface area contributed by atoms with Crippen molar-refractivity contribution in [1.29, 1.82) is 0 Å². The predicted octanol–water partition coefficient (Wildman–Crippen LogP) is 0.994. The summed E-state index contributed by atoms with van der Waals surface area (Å²) in [4.78, 5) is 14.0. The zero-order valence-electron chi connectivity index (χ0n) is 11.3. The summed E-state index contributed by atoms with van der Waals surface area (Å²) in [6, 6.07) is 0.442. The molecule has 0 aromatic carbocycles. The van der Waals surface area contributed by atoms with E-state index in [1.54, 1.807) is 0 Å². The van der Waals surface area contributed by atoms with E-state index in [9.17, 15) is 9.90 Å². The molecule has 1 rings (SSSR count). The van der Waals surface area contributed by atoms with Crippen molar-refractivity contribution in [1.82, 2.24) is 10.2 Å². The van der Waals surface area contributed by atoms with Gasteiger partial charge in [0.15, 0.2) is 0 Å². The summed E-state index contributed by atoms with van der Waals surface area (Å²) in [7, 11) is 0. The van der Waals surface area contributed by atoms with E-state index in [1.165, 1.54) is 0 Å². The van der Waals surface area contributed by atoms with Gasteiger partial charge in [-0.15, -0.1) is 0 Å². The van der Waals surface area contributed by atoms with Gasteiger partial charge in [0.2, 0.25) is 5.91 Å². The van der Waals surface area contributed by atoms with Crippen LogP contribution in [0.4, 0.5) is 0 Å². The molecule has 0 bridgehead atoms. The van der Waals surface area contributed by atoms with E-state index < -0.39 is 0 Å². The predicted molar refractivity (Wildman–Crippen MR) is 68.7 cm³/mol. The van der Waals surface area contributed by atoms with Gasteiger partial charge >= 0.3 is 0 Å². The maximum Gasteiger partial charge on any atom is 0.234 e. The zero-order valence-corrected chi connectivity index (χ0v) is 11.3. The van der Waals surface area contributed by atoms with Gasteiger partial charge in [-0.3, -0.25) is 9.69 Å². The number of amides is 1. The van der Waals surface area contributed by atoms with Gasteiger partial charge in [0.05, 0.1) is 13.2 Å². The number of hydrogen-bond donors (Lipinski definition) is 2. The zero-order chi connectivity index (χ0) is 12.8. The number of rotatable bonds is 6. The van der Waals surface area contributed by atoms with Crippen LogP contribution >= 0.6 is 0 Å². The first-order chi connectivity index (χ1) is 8.12. The van der Waals surface area contributed by atoms with Gasteiger partial charge in [0.25, 0.3) is 0 Å². The van der Waals surface area contributed by atoms with Gasteiger partial charge < -0.3 is 10.4 Å². The van der Waals surface area contributed by atoms with Crippen LogP contribution in [0.3, 0.4) is 0 Å².